The normalized spacial score (nSPS) is 15.5. The number of hydrogen-bond donors (Lipinski definition) is 1. The molecule has 0 unspecified atom stereocenters. The number of methoxy groups -OCH3 is 2. The van der Waals surface area contributed by atoms with Crippen LogP contribution in [0.3, 0.4) is 0 Å². The molecule has 2 aliphatic rings. The molecule has 1 aliphatic carbocycles. The van der Waals surface area contributed by atoms with E-state index in [-0.39, 0.29) is 24.5 Å². The van der Waals surface area contributed by atoms with E-state index in [1.807, 2.05) is 42.2 Å². The van der Waals surface area contributed by atoms with Crippen molar-refractivity contribution in [3.05, 3.63) is 30.3 Å². The summed E-state index contributed by atoms with van der Waals surface area (Å²) in [6, 6.07) is 9.58. The maximum atomic E-state index is 12.9. The first-order chi connectivity index (χ1) is 17.0. The molecular formula is C25H34N6O4. The largest absolute Gasteiger partial charge is 0.493 e. The predicted octanol–water partition coefficient (Wildman–Crippen LogP) is 2.39. The molecule has 1 saturated heterocycles. The fourth-order valence-electron chi connectivity index (χ4n) is 4.16. The van der Waals surface area contributed by atoms with Crippen LogP contribution in [-0.2, 0) is 4.79 Å². The topological polar surface area (TPSA) is 100 Å². The lowest BCUT2D eigenvalue weighted by atomic mass is 10.1. The van der Waals surface area contributed by atoms with E-state index >= 15 is 0 Å². The molecule has 3 amide bonds. The fourth-order valence-corrected chi connectivity index (χ4v) is 4.16. The van der Waals surface area contributed by atoms with Crippen molar-refractivity contribution in [2.45, 2.75) is 32.2 Å². The second-order valence-electron chi connectivity index (χ2n) is 8.81. The van der Waals surface area contributed by atoms with Gasteiger partial charge in [-0.2, -0.15) is 0 Å². The second-order valence-corrected chi connectivity index (χ2v) is 8.81. The van der Waals surface area contributed by atoms with E-state index in [0.29, 0.717) is 44.2 Å². The van der Waals surface area contributed by atoms with Gasteiger partial charge >= 0.3 is 6.03 Å². The molecule has 1 aromatic heterocycles. The summed E-state index contributed by atoms with van der Waals surface area (Å²) >= 11 is 0. The number of nitrogens with zero attached hydrogens (tertiary/aromatic N) is 5. The molecule has 188 valence electrons. The van der Waals surface area contributed by atoms with Gasteiger partial charge in [0.25, 0.3) is 0 Å². The van der Waals surface area contributed by atoms with E-state index in [1.165, 1.54) is 0 Å². The Hall–Kier alpha value is -3.56. The number of rotatable bonds is 9. The van der Waals surface area contributed by atoms with Crippen molar-refractivity contribution < 1.29 is 19.1 Å². The predicted molar refractivity (Wildman–Crippen MR) is 133 cm³/mol. The van der Waals surface area contributed by atoms with E-state index in [4.69, 9.17) is 9.47 Å². The number of carbonyl (C=O) groups is 2. The lowest BCUT2D eigenvalue weighted by Gasteiger charge is -2.36. The first kappa shape index (κ1) is 24.6. The Labute approximate surface area is 206 Å². The molecule has 2 heterocycles. The minimum atomic E-state index is -0.133. The smallest absolute Gasteiger partial charge is 0.318 e. The highest BCUT2D eigenvalue weighted by Gasteiger charge is 2.35. The molecule has 2 fully saturated rings. The molecule has 0 spiro atoms. The summed E-state index contributed by atoms with van der Waals surface area (Å²) in [4.78, 5) is 31.0. The van der Waals surface area contributed by atoms with Crippen LogP contribution in [0.1, 0.15) is 26.2 Å². The highest BCUT2D eigenvalue weighted by Crippen LogP contribution is 2.31. The van der Waals surface area contributed by atoms with Crippen LogP contribution in [0.2, 0.25) is 0 Å². The maximum Gasteiger partial charge on any atom is 0.318 e. The zero-order chi connectivity index (χ0) is 24.8. The lowest BCUT2D eigenvalue weighted by Crippen LogP contribution is -2.53. The highest BCUT2D eigenvalue weighted by molar-refractivity contribution is 5.84. The molecule has 1 aliphatic heterocycles. The zero-order valence-electron chi connectivity index (χ0n) is 20.7. The first-order valence-corrected chi connectivity index (χ1v) is 12.2. The summed E-state index contributed by atoms with van der Waals surface area (Å²) in [6.45, 7) is 5.30. The van der Waals surface area contributed by atoms with Gasteiger partial charge in [0.15, 0.2) is 17.3 Å². The number of nitrogens with one attached hydrogen (secondary N) is 1. The minimum Gasteiger partial charge on any atom is -0.493 e. The molecule has 0 radical (unpaired) electrons. The molecule has 2 aromatic rings. The number of hydrogen-bond acceptors (Lipinski definition) is 7. The molecule has 0 atom stereocenters. The van der Waals surface area contributed by atoms with Gasteiger partial charge in [-0.25, -0.2) is 4.79 Å². The van der Waals surface area contributed by atoms with Crippen molar-refractivity contribution in [2.75, 3.05) is 58.4 Å². The van der Waals surface area contributed by atoms with Crippen molar-refractivity contribution in [3.8, 4) is 22.8 Å². The summed E-state index contributed by atoms with van der Waals surface area (Å²) < 4.78 is 10.7. The highest BCUT2D eigenvalue weighted by atomic mass is 16.5. The Morgan fingerprint density at radius 3 is 2.37 bits per heavy atom. The van der Waals surface area contributed by atoms with Crippen LogP contribution >= 0.6 is 0 Å². The molecule has 10 heteroatoms. The number of piperazine rings is 1. The number of anilines is 1. The quantitative estimate of drug-likeness (QED) is 0.586. The Kier molecular flexibility index (Phi) is 7.89. The van der Waals surface area contributed by atoms with Crippen LogP contribution in [-0.4, -0.2) is 91.5 Å². The third-order valence-corrected chi connectivity index (χ3v) is 6.37. The van der Waals surface area contributed by atoms with E-state index in [1.54, 1.807) is 19.1 Å². The van der Waals surface area contributed by atoms with E-state index in [0.717, 1.165) is 36.3 Å². The Morgan fingerprint density at radius 1 is 1.03 bits per heavy atom. The molecule has 4 rings (SSSR count). The van der Waals surface area contributed by atoms with E-state index in [2.05, 4.69) is 20.4 Å². The monoisotopic (exact) mass is 482 g/mol. The molecule has 35 heavy (non-hydrogen) atoms. The van der Waals surface area contributed by atoms with Gasteiger partial charge in [0.1, 0.15) is 6.54 Å². The van der Waals surface area contributed by atoms with E-state index < -0.39 is 0 Å². The van der Waals surface area contributed by atoms with Crippen LogP contribution < -0.4 is 19.7 Å². The van der Waals surface area contributed by atoms with Gasteiger partial charge < -0.3 is 29.5 Å². The number of ether oxygens (including phenoxy) is 2. The van der Waals surface area contributed by atoms with Gasteiger partial charge in [-0.3, -0.25) is 4.79 Å². The van der Waals surface area contributed by atoms with Crippen LogP contribution in [0, 0.1) is 0 Å². The molecule has 0 bridgehead atoms. The van der Waals surface area contributed by atoms with Crippen molar-refractivity contribution in [3.63, 3.8) is 0 Å². The SMILES string of the molecule is CCCNC(=O)N(CC(=O)N1CCN(c2ccc(-c3ccc(OC)c(OC)c3)nn2)CC1)C1CC1. The average Bonchev–Trinajstić information content (AvgIpc) is 3.75. The van der Waals surface area contributed by atoms with Crippen LogP contribution in [0.4, 0.5) is 10.6 Å². The summed E-state index contributed by atoms with van der Waals surface area (Å²) in [5.41, 5.74) is 1.63. The number of amides is 3. The van der Waals surface area contributed by atoms with Gasteiger partial charge in [-0.15, -0.1) is 10.2 Å². The first-order valence-electron chi connectivity index (χ1n) is 12.2. The minimum absolute atomic E-state index is 0.00177. The molecular weight excluding hydrogens is 448 g/mol. The molecule has 1 N–H and O–H groups in total. The number of benzene rings is 1. The number of aromatic nitrogens is 2. The van der Waals surface area contributed by atoms with Crippen molar-refractivity contribution in [2.24, 2.45) is 0 Å². The molecule has 10 nitrogen and oxygen atoms in total. The average molecular weight is 483 g/mol. The Bertz CT molecular complexity index is 1020. The Morgan fingerprint density at radius 2 is 1.77 bits per heavy atom. The van der Waals surface area contributed by atoms with Gasteiger partial charge in [0.2, 0.25) is 5.91 Å². The summed E-state index contributed by atoms with van der Waals surface area (Å²) in [6.07, 6.45) is 2.81. The standard InChI is InChI=1S/C25H34N6O4/c1-4-11-26-25(33)31(19-6-7-19)17-24(32)30-14-12-29(13-15-30)23-10-8-20(27-28-23)18-5-9-21(34-2)22(16-18)35-3/h5,8-10,16,19H,4,6-7,11-15,17H2,1-3H3,(H,26,33). The third kappa shape index (κ3) is 5.93. The summed E-state index contributed by atoms with van der Waals surface area (Å²) in [5.74, 6) is 2.08. The van der Waals surface area contributed by atoms with Crippen molar-refractivity contribution in [1.82, 2.24) is 25.3 Å². The third-order valence-electron chi connectivity index (χ3n) is 6.37. The fraction of sp³-hybridized carbons (Fsp3) is 0.520. The van der Waals surface area contributed by atoms with Gasteiger partial charge in [0.05, 0.1) is 19.9 Å². The van der Waals surface area contributed by atoms with Crippen LogP contribution in [0.15, 0.2) is 30.3 Å². The van der Waals surface area contributed by atoms with Crippen molar-refractivity contribution >= 4 is 17.8 Å². The van der Waals surface area contributed by atoms with E-state index in [9.17, 15) is 9.59 Å². The summed E-state index contributed by atoms with van der Waals surface area (Å²) in [7, 11) is 3.21. The van der Waals surface area contributed by atoms with Gasteiger partial charge in [0, 0.05) is 44.3 Å². The zero-order valence-corrected chi connectivity index (χ0v) is 20.7. The van der Waals surface area contributed by atoms with Crippen LogP contribution in [0.25, 0.3) is 11.3 Å². The summed E-state index contributed by atoms with van der Waals surface area (Å²) in [5, 5.41) is 11.7. The molecule has 1 aromatic carbocycles. The van der Waals surface area contributed by atoms with Gasteiger partial charge in [-0.05, 0) is 49.6 Å². The van der Waals surface area contributed by atoms with Crippen LogP contribution in [0.5, 0.6) is 11.5 Å². The lowest BCUT2D eigenvalue weighted by molar-refractivity contribution is -0.132. The second kappa shape index (κ2) is 11.2. The number of carbonyl (C=O) groups excluding carboxylic acids is 2. The van der Waals surface area contributed by atoms with Gasteiger partial charge in [-0.1, -0.05) is 6.92 Å². The van der Waals surface area contributed by atoms with Crippen molar-refractivity contribution in [1.29, 1.82) is 0 Å². The molecule has 1 saturated carbocycles. The number of urea groups is 1. The Balaban J connectivity index is 1.32. The maximum absolute atomic E-state index is 12.9.